The third-order valence-electron chi connectivity index (χ3n) is 3.73. The fourth-order valence-corrected chi connectivity index (χ4v) is 1.96. The van der Waals surface area contributed by atoms with Crippen molar-refractivity contribution in [1.82, 2.24) is 4.90 Å². The van der Waals surface area contributed by atoms with Crippen LogP contribution in [0.25, 0.3) is 0 Å². The minimum atomic E-state index is 0.133. The van der Waals surface area contributed by atoms with Crippen molar-refractivity contribution < 1.29 is 0 Å². The Hall–Kier alpha value is -1.35. The number of rotatable bonds is 5. The van der Waals surface area contributed by atoms with Gasteiger partial charge in [-0.05, 0) is 44.0 Å². The maximum absolute atomic E-state index is 7.44. The van der Waals surface area contributed by atoms with Crippen molar-refractivity contribution in [3.05, 3.63) is 34.9 Å². The molecule has 18 heavy (non-hydrogen) atoms. The molecule has 1 aromatic carbocycles. The average Bonchev–Trinajstić information content (AvgIpc) is 2.30. The van der Waals surface area contributed by atoms with E-state index in [2.05, 4.69) is 45.7 Å². The molecular weight excluding hydrogens is 222 g/mol. The fourth-order valence-electron chi connectivity index (χ4n) is 1.96. The monoisotopic (exact) mass is 247 g/mol. The topological polar surface area (TPSA) is 53.1 Å². The molecule has 0 fully saturated rings. The highest BCUT2D eigenvalue weighted by Crippen LogP contribution is 2.16. The first-order valence-corrected chi connectivity index (χ1v) is 6.47. The van der Waals surface area contributed by atoms with Gasteiger partial charge in [0.05, 0.1) is 0 Å². The average molecular weight is 247 g/mol. The van der Waals surface area contributed by atoms with E-state index in [4.69, 9.17) is 11.1 Å². The van der Waals surface area contributed by atoms with Gasteiger partial charge < -0.3 is 5.73 Å². The molecule has 0 aliphatic carbocycles. The second kappa shape index (κ2) is 6.01. The number of nitrogens with zero attached hydrogens (tertiary/aromatic N) is 1. The summed E-state index contributed by atoms with van der Waals surface area (Å²) in [7, 11) is 2.16. The molecule has 0 bridgehead atoms. The number of amidine groups is 1. The molecular formula is C15H25N3. The van der Waals surface area contributed by atoms with Gasteiger partial charge >= 0.3 is 0 Å². The van der Waals surface area contributed by atoms with Gasteiger partial charge in [-0.25, -0.2) is 0 Å². The Kier molecular flexibility index (Phi) is 4.91. The lowest BCUT2D eigenvalue weighted by molar-refractivity contribution is 0.200. The molecule has 0 spiro atoms. The SMILES string of the molecule is Cc1cc(C(=N)N)ccc1CN(C)C(C)C(C)C. The minimum absolute atomic E-state index is 0.133. The number of nitrogens with two attached hydrogens (primary N) is 1. The molecule has 0 radical (unpaired) electrons. The van der Waals surface area contributed by atoms with E-state index < -0.39 is 0 Å². The lowest BCUT2D eigenvalue weighted by Crippen LogP contribution is -2.32. The van der Waals surface area contributed by atoms with Gasteiger partial charge in [-0.3, -0.25) is 10.3 Å². The molecule has 0 saturated carbocycles. The van der Waals surface area contributed by atoms with E-state index in [1.54, 1.807) is 0 Å². The molecule has 3 N–H and O–H groups in total. The standard InChI is InChI=1S/C15H25N3/c1-10(2)12(4)18(5)9-14-7-6-13(15(16)17)8-11(14)3/h6-8,10,12H,9H2,1-5H3,(H3,16,17). The van der Waals surface area contributed by atoms with Gasteiger partial charge in [0.25, 0.3) is 0 Å². The molecule has 3 nitrogen and oxygen atoms in total. The predicted molar refractivity (Wildman–Crippen MR) is 78.0 cm³/mol. The maximum atomic E-state index is 7.44. The van der Waals surface area contributed by atoms with Gasteiger partial charge in [-0.1, -0.05) is 26.0 Å². The van der Waals surface area contributed by atoms with E-state index in [1.165, 1.54) is 11.1 Å². The van der Waals surface area contributed by atoms with E-state index in [-0.39, 0.29) is 5.84 Å². The van der Waals surface area contributed by atoms with Crippen LogP contribution in [-0.4, -0.2) is 23.8 Å². The van der Waals surface area contributed by atoms with Gasteiger partial charge in [-0.2, -0.15) is 0 Å². The van der Waals surface area contributed by atoms with Crippen molar-refractivity contribution in [1.29, 1.82) is 5.41 Å². The summed E-state index contributed by atoms with van der Waals surface area (Å²) in [4.78, 5) is 2.36. The Balaban J connectivity index is 2.83. The van der Waals surface area contributed by atoms with Crippen LogP contribution in [0.4, 0.5) is 0 Å². The minimum Gasteiger partial charge on any atom is -0.384 e. The van der Waals surface area contributed by atoms with E-state index in [0.717, 1.165) is 12.1 Å². The first-order chi connectivity index (χ1) is 8.32. The molecule has 0 saturated heterocycles. The van der Waals surface area contributed by atoms with Crippen LogP contribution in [0, 0.1) is 18.3 Å². The molecule has 100 valence electrons. The zero-order valence-electron chi connectivity index (χ0n) is 12.1. The Morgan fingerprint density at radius 3 is 2.39 bits per heavy atom. The smallest absolute Gasteiger partial charge is 0.122 e. The van der Waals surface area contributed by atoms with Gasteiger partial charge in [0.15, 0.2) is 0 Å². The predicted octanol–water partition coefficient (Wildman–Crippen LogP) is 2.76. The number of benzene rings is 1. The zero-order chi connectivity index (χ0) is 13.9. The second-order valence-electron chi connectivity index (χ2n) is 5.45. The van der Waals surface area contributed by atoms with Gasteiger partial charge in [-0.15, -0.1) is 0 Å². The Labute approximate surface area is 111 Å². The highest BCUT2D eigenvalue weighted by Gasteiger charge is 2.14. The van der Waals surface area contributed by atoms with Gasteiger partial charge in [0.1, 0.15) is 5.84 Å². The number of nitrogen functional groups attached to an aromatic ring is 1. The highest BCUT2D eigenvalue weighted by molar-refractivity contribution is 5.95. The summed E-state index contributed by atoms with van der Waals surface area (Å²) in [6.07, 6.45) is 0. The fraction of sp³-hybridized carbons (Fsp3) is 0.533. The molecule has 1 unspecified atom stereocenters. The first kappa shape index (κ1) is 14.7. The lowest BCUT2D eigenvalue weighted by atomic mass is 10.0. The van der Waals surface area contributed by atoms with Crippen molar-refractivity contribution in [2.45, 2.75) is 40.3 Å². The molecule has 0 aliphatic heterocycles. The van der Waals surface area contributed by atoms with Crippen molar-refractivity contribution in [2.24, 2.45) is 11.7 Å². The highest BCUT2D eigenvalue weighted by atomic mass is 15.1. The summed E-state index contributed by atoms with van der Waals surface area (Å²) in [5.74, 6) is 0.778. The number of nitrogens with one attached hydrogen (secondary N) is 1. The third-order valence-corrected chi connectivity index (χ3v) is 3.73. The molecule has 0 amide bonds. The third kappa shape index (κ3) is 3.57. The van der Waals surface area contributed by atoms with Crippen molar-refractivity contribution >= 4 is 5.84 Å². The second-order valence-corrected chi connectivity index (χ2v) is 5.45. The van der Waals surface area contributed by atoms with Crippen LogP contribution in [0.15, 0.2) is 18.2 Å². The molecule has 1 rings (SSSR count). The first-order valence-electron chi connectivity index (χ1n) is 6.47. The maximum Gasteiger partial charge on any atom is 0.122 e. The summed E-state index contributed by atoms with van der Waals surface area (Å²) in [6, 6.07) is 6.55. The van der Waals surface area contributed by atoms with Crippen LogP contribution in [0.1, 0.15) is 37.5 Å². The largest absolute Gasteiger partial charge is 0.384 e. The number of aryl methyl sites for hydroxylation is 1. The number of hydrogen-bond acceptors (Lipinski definition) is 2. The molecule has 3 heteroatoms. The quantitative estimate of drug-likeness (QED) is 0.621. The molecule has 0 heterocycles. The normalized spacial score (nSPS) is 13.1. The Morgan fingerprint density at radius 1 is 1.33 bits per heavy atom. The molecule has 1 atom stereocenters. The molecule has 0 aromatic heterocycles. The zero-order valence-corrected chi connectivity index (χ0v) is 12.1. The summed E-state index contributed by atoms with van der Waals surface area (Å²) >= 11 is 0. The van der Waals surface area contributed by atoms with Crippen molar-refractivity contribution in [2.75, 3.05) is 7.05 Å². The van der Waals surface area contributed by atoms with Crippen molar-refractivity contribution in [3.8, 4) is 0 Å². The van der Waals surface area contributed by atoms with Gasteiger partial charge in [0.2, 0.25) is 0 Å². The summed E-state index contributed by atoms with van der Waals surface area (Å²) in [5.41, 5.74) is 8.80. The van der Waals surface area contributed by atoms with Gasteiger partial charge in [0, 0.05) is 18.2 Å². The summed E-state index contributed by atoms with van der Waals surface area (Å²) < 4.78 is 0. The van der Waals surface area contributed by atoms with E-state index >= 15 is 0 Å². The van der Waals surface area contributed by atoms with E-state index in [9.17, 15) is 0 Å². The van der Waals surface area contributed by atoms with Crippen LogP contribution in [0.5, 0.6) is 0 Å². The van der Waals surface area contributed by atoms with Crippen LogP contribution in [-0.2, 0) is 6.54 Å². The van der Waals surface area contributed by atoms with Crippen LogP contribution in [0.2, 0.25) is 0 Å². The van der Waals surface area contributed by atoms with Crippen molar-refractivity contribution in [3.63, 3.8) is 0 Å². The molecule has 0 aliphatic rings. The Morgan fingerprint density at radius 2 is 1.94 bits per heavy atom. The lowest BCUT2D eigenvalue weighted by Gasteiger charge is -2.28. The molecule has 1 aromatic rings. The number of hydrogen-bond donors (Lipinski definition) is 2. The van der Waals surface area contributed by atoms with Crippen LogP contribution >= 0.6 is 0 Å². The van der Waals surface area contributed by atoms with E-state index in [1.807, 2.05) is 12.1 Å². The van der Waals surface area contributed by atoms with Crippen LogP contribution < -0.4 is 5.73 Å². The summed E-state index contributed by atoms with van der Waals surface area (Å²) in [6.45, 7) is 9.75. The van der Waals surface area contributed by atoms with Crippen LogP contribution in [0.3, 0.4) is 0 Å². The summed E-state index contributed by atoms with van der Waals surface area (Å²) in [5, 5.41) is 7.44. The van der Waals surface area contributed by atoms with E-state index in [0.29, 0.717) is 12.0 Å². The Bertz CT molecular complexity index is 424.